The van der Waals surface area contributed by atoms with Crippen LogP contribution in [0.25, 0.3) is 0 Å². The summed E-state index contributed by atoms with van der Waals surface area (Å²) in [5.41, 5.74) is -0.449. The molecule has 0 saturated carbocycles. The third-order valence-electron chi connectivity index (χ3n) is 14.5. The lowest BCUT2D eigenvalue weighted by atomic mass is 10.1. The summed E-state index contributed by atoms with van der Waals surface area (Å²) in [6.07, 6.45) is 75.4. The number of hydrogen-bond acceptors (Lipinski definition) is 5. The van der Waals surface area contributed by atoms with Gasteiger partial charge in [-0.25, -0.2) is 4.79 Å². The average Bonchev–Trinajstić information content (AvgIpc) is 3.38. The predicted molar refractivity (Wildman–Crippen MR) is 325 cm³/mol. The molecule has 424 valence electrons. The summed E-state index contributed by atoms with van der Waals surface area (Å²) in [7, 11) is 0. The molecule has 0 aromatic rings. The summed E-state index contributed by atoms with van der Waals surface area (Å²) >= 11 is 0. The summed E-state index contributed by atoms with van der Waals surface area (Å²) in [4.78, 5) is 22.9. The first kappa shape index (κ1) is 68.6. The molecule has 6 heteroatoms. The van der Waals surface area contributed by atoms with Crippen molar-refractivity contribution in [3.05, 3.63) is 72.9 Å². The van der Waals surface area contributed by atoms with Crippen LogP contribution in [0.3, 0.4) is 0 Å². The summed E-state index contributed by atoms with van der Waals surface area (Å²) in [6.45, 7) is 24.4. The summed E-state index contributed by atoms with van der Waals surface area (Å²) in [5.74, 6) is 0. The van der Waals surface area contributed by atoms with E-state index in [2.05, 4.69) is 108 Å². The Morgan fingerprint density at radius 3 is 0.973 bits per heavy atom. The van der Waals surface area contributed by atoms with Crippen LogP contribution in [0.2, 0.25) is 0 Å². The maximum absolute atomic E-state index is 12.8. The Morgan fingerprint density at radius 1 is 0.370 bits per heavy atom. The van der Waals surface area contributed by atoms with Gasteiger partial charge >= 0.3 is 6.09 Å². The van der Waals surface area contributed by atoms with Crippen molar-refractivity contribution in [1.29, 1.82) is 0 Å². The molecule has 1 fully saturated rings. The van der Waals surface area contributed by atoms with Gasteiger partial charge in [0.1, 0.15) is 5.60 Å². The zero-order valence-electron chi connectivity index (χ0n) is 49.8. The minimum atomic E-state index is -0.449. The van der Waals surface area contributed by atoms with Crippen molar-refractivity contribution < 1.29 is 9.53 Å². The normalized spacial score (nSPS) is 14.3. The van der Waals surface area contributed by atoms with Crippen LogP contribution in [0.15, 0.2) is 72.9 Å². The van der Waals surface area contributed by atoms with Crippen LogP contribution in [0.1, 0.15) is 273 Å². The summed E-state index contributed by atoms with van der Waals surface area (Å²) in [6, 6.07) is 0. The number of piperazine rings is 1. The first-order chi connectivity index (χ1) is 35.8. The van der Waals surface area contributed by atoms with Crippen LogP contribution in [-0.2, 0) is 4.74 Å². The van der Waals surface area contributed by atoms with Gasteiger partial charge in [-0.05, 0) is 156 Å². The highest BCUT2D eigenvalue weighted by Crippen LogP contribution is 2.15. The van der Waals surface area contributed by atoms with Gasteiger partial charge in [-0.1, -0.05) is 209 Å². The van der Waals surface area contributed by atoms with E-state index in [0.29, 0.717) is 0 Å². The Labute approximate surface area is 456 Å². The molecular weight excluding hydrogens is 893 g/mol. The number of nitrogens with zero attached hydrogens (tertiary/aromatic N) is 4. The van der Waals surface area contributed by atoms with Crippen LogP contribution in [0.4, 0.5) is 4.79 Å². The molecule has 0 aromatic carbocycles. The smallest absolute Gasteiger partial charge is 0.410 e. The highest BCUT2D eigenvalue weighted by atomic mass is 16.6. The molecular formula is C67H124N4O2. The Balaban J connectivity index is 2.67. The van der Waals surface area contributed by atoms with Crippen LogP contribution >= 0.6 is 0 Å². The molecule has 0 radical (unpaired) electrons. The van der Waals surface area contributed by atoms with Crippen LogP contribution < -0.4 is 0 Å². The lowest BCUT2D eigenvalue weighted by molar-refractivity contribution is 0.0137. The fraction of sp³-hybridized carbons (Fsp3) is 0.806. The molecule has 1 amide bonds. The van der Waals surface area contributed by atoms with Crippen molar-refractivity contribution in [1.82, 2.24) is 19.6 Å². The number of allylic oxidation sites excluding steroid dienone is 12. The van der Waals surface area contributed by atoms with Crippen LogP contribution in [0, 0.1) is 0 Å². The summed E-state index contributed by atoms with van der Waals surface area (Å²) in [5, 5.41) is 0. The lowest BCUT2D eigenvalue weighted by Crippen LogP contribution is -2.51. The largest absolute Gasteiger partial charge is 0.444 e. The van der Waals surface area contributed by atoms with E-state index in [-0.39, 0.29) is 6.09 Å². The minimum absolute atomic E-state index is 0.161. The van der Waals surface area contributed by atoms with Crippen molar-refractivity contribution >= 4 is 6.09 Å². The van der Waals surface area contributed by atoms with Gasteiger partial charge in [-0.15, -0.1) is 0 Å². The molecule has 0 atom stereocenters. The highest BCUT2D eigenvalue weighted by molar-refractivity contribution is 5.68. The molecule has 0 bridgehead atoms. The molecule has 73 heavy (non-hydrogen) atoms. The summed E-state index contributed by atoms with van der Waals surface area (Å²) < 4.78 is 5.70. The fourth-order valence-corrected chi connectivity index (χ4v) is 9.69. The lowest BCUT2D eigenvalue weighted by Gasteiger charge is -2.36. The van der Waals surface area contributed by atoms with Gasteiger partial charge in [0.2, 0.25) is 0 Å². The molecule has 0 aromatic heterocycles. The number of ether oxygens (including phenoxy) is 1. The Kier molecular flexibility index (Phi) is 49.8. The Morgan fingerprint density at radius 2 is 0.658 bits per heavy atom. The molecule has 6 nitrogen and oxygen atoms in total. The second-order valence-corrected chi connectivity index (χ2v) is 22.7. The van der Waals surface area contributed by atoms with Crippen molar-refractivity contribution in [3.63, 3.8) is 0 Å². The van der Waals surface area contributed by atoms with Crippen LogP contribution in [-0.4, -0.2) is 103 Å². The average molecular weight is 1020 g/mol. The SMILES string of the molecule is CCCCC/C=C\C/C=C\CCCCCCCCN(CCCCCCCC/C=C\C/C=C\CCCCC)CCN(CCCCCCCC/C=C\C/C=C\CCCCC)CCN1CCN(C(=O)OC(C)(C)C)CC1. The molecule has 0 unspecified atom stereocenters. The van der Waals surface area contributed by atoms with E-state index < -0.39 is 5.60 Å². The van der Waals surface area contributed by atoms with Gasteiger partial charge in [-0.3, -0.25) is 4.90 Å². The van der Waals surface area contributed by atoms with Crippen molar-refractivity contribution in [2.24, 2.45) is 0 Å². The van der Waals surface area contributed by atoms with E-state index in [9.17, 15) is 4.79 Å². The molecule has 1 heterocycles. The molecule has 0 aliphatic carbocycles. The van der Waals surface area contributed by atoms with Gasteiger partial charge in [-0.2, -0.15) is 0 Å². The van der Waals surface area contributed by atoms with E-state index >= 15 is 0 Å². The Bertz CT molecular complexity index is 1300. The number of carbonyl (C=O) groups is 1. The van der Waals surface area contributed by atoms with E-state index in [4.69, 9.17) is 4.74 Å². The first-order valence-electron chi connectivity index (χ1n) is 31.8. The molecule has 1 rings (SSSR count). The first-order valence-corrected chi connectivity index (χ1v) is 31.8. The van der Waals surface area contributed by atoms with E-state index in [1.165, 1.54) is 245 Å². The third-order valence-corrected chi connectivity index (χ3v) is 14.5. The molecule has 0 spiro atoms. The quantitative estimate of drug-likeness (QED) is 0.0448. The minimum Gasteiger partial charge on any atom is -0.444 e. The van der Waals surface area contributed by atoms with Crippen molar-refractivity contribution in [2.75, 3.05) is 72.0 Å². The predicted octanol–water partition coefficient (Wildman–Crippen LogP) is 19.6. The highest BCUT2D eigenvalue weighted by Gasteiger charge is 2.26. The third kappa shape index (κ3) is 48.9. The zero-order valence-corrected chi connectivity index (χ0v) is 49.8. The van der Waals surface area contributed by atoms with Gasteiger partial charge in [0, 0.05) is 52.4 Å². The van der Waals surface area contributed by atoms with E-state index in [1.807, 2.05) is 25.7 Å². The zero-order chi connectivity index (χ0) is 52.8. The monoisotopic (exact) mass is 1020 g/mol. The molecule has 0 N–H and O–H groups in total. The van der Waals surface area contributed by atoms with Gasteiger partial charge in [0.05, 0.1) is 0 Å². The van der Waals surface area contributed by atoms with E-state index in [1.54, 1.807) is 0 Å². The molecule has 1 aliphatic heterocycles. The fourth-order valence-electron chi connectivity index (χ4n) is 9.69. The maximum atomic E-state index is 12.8. The van der Waals surface area contributed by atoms with Crippen molar-refractivity contribution in [3.8, 4) is 0 Å². The Hall–Kier alpha value is -2.41. The van der Waals surface area contributed by atoms with Gasteiger partial charge in [0.25, 0.3) is 0 Å². The standard InChI is InChI=1S/C67H124N4O2/c1-7-10-13-16-19-22-25-28-31-34-37-40-43-46-49-52-55-68(56-53-50-47-44-41-38-35-32-29-26-23-20-17-14-11-8-2)58-59-69(60-61-70-62-64-71(65-63-70)66(72)73-67(4,5)6)57-54-51-48-45-42-39-36-33-30-27-24-21-18-15-12-9-3/h19-24,28-33H,7-18,25-27,34-65H2,1-6H3/b22-19-,23-20-,24-21-,31-28-,32-29-,33-30-. The van der Waals surface area contributed by atoms with Crippen LogP contribution in [0.5, 0.6) is 0 Å². The van der Waals surface area contributed by atoms with Gasteiger partial charge < -0.3 is 19.4 Å². The molecule has 1 saturated heterocycles. The van der Waals surface area contributed by atoms with Gasteiger partial charge in [0.15, 0.2) is 0 Å². The topological polar surface area (TPSA) is 39.3 Å². The number of carbonyl (C=O) groups excluding carboxylic acids is 1. The number of unbranched alkanes of at least 4 members (excludes halogenated alkanes) is 27. The second kappa shape index (κ2) is 53.0. The maximum Gasteiger partial charge on any atom is 0.410 e. The number of rotatable bonds is 51. The van der Waals surface area contributed by atoms with E-state index in [0.717, 1.165) is 58.5 Å². The number of hydrogen-bond donors (Lipinski definition) is 0. The van der Waals surface area contributed by atoms with Crippen molar-refractivity contribution in [2.45, 2.75) is 278 Å². The molecule has 1 aliphatic rings. The number of amides is 1. The second-order valence-electron chi connectivity index (χ2n) is 22.7.